The molecule has 0 aliphatic heterocycles. The van der Waals surface area contributed by atoms with E-state index >= 15 is 0 Å². The van der Waals surface area contributed by atoms with Crippen molar-refractivity contribution in [2.24, 2.45) is 0 Å². The predicted octanol–water partition coefficient (Wildman–Crippen LogP) is 2.27. The van der Waals surface area contributed by atoms with E-state index in [1.807, 2.05) is 0 Å². The van der Waals surface area contributed by atoms with E-state index < -0.39 is 28.9 Å². The Kier molecular flexibility index (Phi) is 5.22. The van der Waals surface area contributed by atoms with E-state index in [9.17, 15) is 22.8 Å². The van der Waals surface area contributed by atoms with Crippen LogP contribution in [0.5, 0.6) is 0 Å². The highest BCUT2D eigenvalue weighted by Gasteiger charge is 2.15. The number of halogens is 3. The first-order valence-electron chi connectivity index (χ1n) is 7.83. The summed E-state index contributed by atoms with van der Waals surface area (Å²) in [6.45, 7) is -0.118. The lowest BCUT2D eigenvalue weighted by Crippen LogP contribution is -2.37. The first-order valence-corrected chi connectivity index (χ1v) is 7.83. The van der Waals surface area contributed by atoms with E-state index in [0.29, 0.717) is 0 Å². The first-order chi connectivity index (χ1) is 12.9. The van der Waals surface area contributed by atoms with E-state index in [0.717, 1.165) is 28.9 Å². The lowest BCUT2D eigenvalue weighted by molar-refractivity contribution is -0.116. The van der Waals surface area contributed by atoms with Crippen LogP contribution in [-0.4, -0.2) is 22.7 Å². The quantitative estimate of drug-likeness (QED) is 0.740. The SMILES string of the molecule is COCc1nc2cc(F)ccc2c(=O)n1NC(=O)Cc1ccc(F)c(F)c1. The van der Waals surface area contributed by atoms with Crippen molar-refractivity contribution in [3.8, 4) is 0 Å². The van der Waals surface area contributed by atoms with Gasteiger partial charge in [0, 0.05) is 13.2 Å². The van der Waals surface area contributed by atoms with E-state index in [-0.39, 0.29) is 35.3 Å². The first kappa shape index (κ1) is 18.6. The largest absolute Gasteiger partial charge is 0.377 e. The number of hydrogen-bond donors (Lipinski definition) is 1. The van der Waals surface area contributed by atoms with Gasteiger partial charge in [0.2, 0.25) is 5.91 Å². The summed E-state index contributed by atoms with van der Waals surface area (Å²) in [6, 6.07) is 6.53. The molecule has 27 heavy (non-hydrogen) atoms. The molecule has 0 aliphatic rings. The molecule has 0 aliphatic carbocycles. The summed E-state index contributed by atoms with van der Waals surface area (Å²) in [5.74, 6) is -3.25. The number of carbonyl (C=O) groups excluding carboxylic acids is 1. The average molecular weight is 377 g/mol. The Morgan fingerprint density at radius 2 is 1.93 bits per heavy atom. The molecular formula is C18H14F3N3O3. The maximum atomic E-state index is 13.4. The van der Waals surface area contributed by atoms with Crippen LogP contribution >= 0.6 is 0 Å². The predicted molar refractivity (Wildman–Crippen MR) is 91.1 cm³/mol. The molecule has 0 atom stereocenters. The zero-order valence-electron chi connectivity index (χ0n) is 14.1. The van der Waals surface area contributed by atoms with Crippen LogP contribution in [-0.2, 0) is 22.6 Å². The summed E-state index contributed by atoms with van der Waals surface area (Å²) in [5.41, 5.74) is 2.09. The number of fused-ring (bicyclic) bond motifs is 1. The van der Waals surface area contributed by atoms with Crippen LogP contribution < -0.4 is 11.0 Å². The molecule has 3 aromatic rings. The van der Waals surface area contributed by atoms with Crippen LogP contribution in [0.4, 0.5) is 13.2 Å². The van der Waals surface area contributed by atoms with E-state index in [1.54, 1.807) is 0 Å². The molecule has 0 radical (unpaired) electrons. The highest BCUT2D eigenvalue weighted by molar-refractivity contribution is 5.86. The van der Waals surface area contributed by atoms with Gasteiger partial charge >= 0.3 is 0 Å². The van der Waals surface area contributed by atoms with E-state index in [1.165, 1.54) is 19.2 Å². The van der Waals surface area contributed by atoms with E-state index in [4.69, 9.17) is 4.74 Å². The molecule has 140 valence electrons. The van der Waals surface area contributed by atoms with Crippen molar-refractivity contribution in [3.63, 3.8) is 0 Å². The zero-order chi connectivity index (χ0) is 19.6. The molecule has 0 saturated heterocycles. The van der Waals surface area contributed by atoms with Crippen molar-refractivity contribution in [2.75, 3.05) is 12.5 Å². The van der Waals surface area contributed by atoms with Crippen molar-refractivity contribution in [1.82, 2.24) is 9.66 Å². The van der Waals surface area contributed by atoms with Gasteiger partial charge < -0.3 is 4.74 Å². The number of aromatic nitrogens is 2. The minimum atomic E-state index is -1.08. The third kappa shape index (κ3) is 3.98. The fourth-order valence-electron chi connectivity index (χ4n) is 2.55. The number of nitrogens with one attached hydrogen (secondary N) is 1. The standard InChI is InChI=1S/C18H14F3N3O3/c1-27-9-16-22-15-8-11(19)3-4-12(15)18(26)24(16)23-17(25)7-10-2-5-13(20)14(21)6-10/h2-6,8H,7,9H2,1H3,(H,23,25). The van der Waals surface area contributed by atoms with Crippen molar-refractivity contribution in [2.45, 2.75) is 13.0 Å². The zero-order valence-corrected chi connectivity index (χ0v) is 14.1. The van der Waals surface area contributed by atoms with Crippen LogP contribution in [0.3, 0.4) is 0 Å². The summed E-state index contributed by atoms with van der Waals surface area (Å²) in [7, 11) is 1.37. The number of benzene rings is 2. The van der Waals surface area contributed by atoms with Gasteiger partial charge in [0.15, 0.2) is 17.5 Å². The van der Waals surface area contributed by atoms with Crippen LogP contribution in [0.1, 0.15) is 11.4 Å². The molecule has 2 aromatic carbocycles. The second-order valence-electron chi connectivity index (χ2n) is 5.72. The number of amides is 1. The number of hydrogen-bond acceptors (Lipinski definition) is 4. The van der Waals surface area contributed by atoms with Crippen LogP contribution in [0.25, 0.3) is 10.9 Å². The van der Waals surface area contributed by atoms with E-state index in [2.05, 4.69) is 10.4 Å². The van der Waals surface area contributed by atoms with Crippen LogP contribution in [0, 0.1) is 17.5 Å². The van der Waals surface area contributed by atoms with Crippen molar-refractivity contribution < 1.29 is 22.7 Å². The lowest BCUT2D eigenvalue weighted by Gasteiger charge is -2.14. The molecule has 9 heteroatoms. The molecule has 1 heterocycles. The Bertz CT molecular complexity index is 1080. The molecule has 3 rings (SSSR count). The van der Waals surface area contributed by atoms with Crippen LogP contribution in [0.15, 0.2) is 41.2 Å². The van der Waals surface area contributed by atoms with Gasteiger partial charge in [-0.1, -0.05) is 6.07 Å². The molecule has 0 spiro atoms. The normalized spacial score (nSPS) is 11.0. The fourth-order valence-corrected chi connectivity index (χ4v) is 2.55. The van der Waals surface area contributed by atoms with Gasteiger partial charge in [0.05, 0.1) is 17.3 Å². The van der Waals surface area contributed by atoms with Gasteiger partial charge in [-0.25, -0.2) is 18.2 Å². The van der Waals surface area contributed by atoms with Crippen molar-refractivity contribution in [3.05, 3.63) is 75.6 Å². The molecule has 0 fully saturated rings. The third-order valence-corrected chi connectivity index (χ3v) is 3.76. The summed E-state index contributed by atoms with van der Waals surface area (Å²) in [6.07, 6.45) is -0.294. The monoisotopic (exact) mass is 377 g/mol. The smallest absolute Gasteiger partial charge is 0.280 e. The average Bonchev–Trinajstić information content (AvgIpc) is 2.61. The van der Waals surface area contributed by atoms with Gasteiger partial charge in [0.1, 0.15) is 12.4 Å². The molecule has 6 nitrogen and oxygen atoms in total. The van der Waals surface area contributed by atoms with Crippen molar-refractivity contribution in [1.29, 1.82) is 0 Å². The lowest BCUT2D eigenvalue weighted by atomic mass is 10.1. The maximum absolute atomic E-state index is 13.4. The second kappa shape index (κ2) is 7.58. The summed E-state index contributed by atoms with van der Waals surface area (Å²) >= 11 is 0. The number of methoxy groups -OCH3 is 1. The topological polar surface area (TPSA) is 73.2 Å². The third-order valence-electron chi connectivity index (χ3n) is 3.76. The summed E-state index contributed by atoms with van der Waals surface area (Å²) in [5, 5.41) is 0.101. The Balaban J connectivity index is 1.94. The Morgan fingerprint density at radius 1 is 1.15 bits per heavy atom. The number of nitrogens with zero attached hydrogens (tertiary/aromatic N) is 2. The van der Waals surface area contributed by atoms with Gasteiger partial charge in [-0.3, -0.25) is 15.0 Å². The molecule has 1 N–H and O–H groups in total. The maximum Gasteiger partial charge on any atom is 0.280 e. The molecule has 1 aromatic heterocycles. The molecule has 1 amide bonds. The molecule has 0 unspecified atom stereocenters. The van der Waals surface area contributed by atoms with Crippen LogP contribution in [0.2, 0.25) is 0 Å². The van der Waals surface area contributed by atoms with Crippen molar-refractivity contribution >= 4 is 16.8 Å². The Hall–Kier alpha value is -3.20. The summed E-state index contributed by atoms with van der Waals surface area (Å²) < 4.78 is 45.5. The Morgan fingerprint density at radius 3 is 2.63 bits per heavy atom. The molecule has 0 bridgehead atoms. The minimum absolute atomic E-state index is 0.0548. The summed E-state index contributed by atoms with van der Waals surface area (Å²) in [4.78, 5) is 29.1. The number of carbonyl (C=O) groups is 1. The minimum Gasteiger partial charge on any atom is -0.377 e. The van der Waals surface area contributed by atoms with Gasteiger partial charge in [-0.2, -0.15) is 4.68 Å². The highest BCUT2D eigenvalue weighted by atomic mass is 19.2. The number of ether oxygens (including phenoxy) is 1. The molecule has 0 saturated carbocycles. The van der Waals surface area contributed by atoms with Gasteiger partial charge in [-0.05, 0) is 29.8 Å². The van der Waals surface area contributed by atoms with Gasteiger partial charge in [-0.15, -0.1) is 0 Å². The fraction of sp³-hybridized carbons (Fsp3) is 0.167. The molecular weight excluding hydrogens is 363 g/mol. The number of rotatable bonds is 5. The second-order valence-corrected chi connectivity index (χ2v) is 5.72. The Labute approximate surface area is 151 Å². The highest BCUT2D eigenvalue weighted by Crippen LogP contribution is 2.12. The van der Waals surface area contributed by atoms with Gasteiger partial charge in [0.25, 0.3) is 5.56 Å².